The summed E-state index contributed by atoms with van der Waals surface area (Å²) < 4.78 is 16.5. The molecule has 3 aromatic carbocycles. The lowest BCUT2D eigenvalue weighted by atomic mass is 9.99. The van der Waals surface area contributed by atoms with Crippen molar-refractivity contribution in [1.29, 1.82) is 0 Å². The molecule has 5 rings (SSSR count). The number of nitrogens with one attached hydrogen (secondary N) is 1. The van der Waals surface area contributed by atoms with Crippen LogP contribution in [-0.4, -0.2) is 32.1 Å². The summed E-state index contributed by atoms with van der Waals surface area (Å²) in [5, 5.41) is 5.02. The monoisotopic (exact) mass is 498 g/mol. The van der Waals surface area contributed by atoms with Crippen LogP contribution >= 0.6 is 0 Å². The molecule has 190 valence electrons. The first-order valence-electron chi connectivity index (χ1n) is 12.5. The molecule has 7 heteroatoms. The highest BCUT2D eigenvalue weighted by Gasteiger charge is 2.37. The van der Waals surface area contributed by atoms with Crippen LogP contribution in [-0.2, 0) is 4.79 Å². The number of methoxy groups -OCH3 is 2. The SMILES string of the molecule is COc1ccc(C(C(=O)NC2CCCC2)N(C(=O)c2ccco2)c2cccc3ccccc23)cc1OC. The average Bonchev–Trinajstić information content (AvgIpc) is 3.66. The molecule has 1 N–H and O–H groups in total. The van der Waals surface area contributed by atoms with Crippen LogP contribution < -0.4 is 19.7 Å². The zero-order valence-corrected chi connectivity index (χ0v) is 21.0. The number of carbonyl (C=O) groups is 2. The molecule has 1 atom stereocenters. The molecule has 1 aromatic heterocycles. The summed E-state index contributed by atoms with van der Waals surface area (Å²) in [5.41, 5.74) is 1.21. The van der Waals surface area contributed by atoms with Gasteiger partial charge in [0.1, 0.15) is 6.04 Å². The van der Waals surface area contributed by atoms with E-state index >= 15 is 0 Å². The van der Waals surface area contributed by atoms with Gasteiger partial charge in [-0.1, -0.05) is 55.3 Å². The van der Waals surface area contributed by atoms with E-state index in [1.807, 2.05) is 42.5 Å². The number of rotatable bonds is 8. The molecule has 1 saturated carbocycles. The predicted molar refractivity (Wildman–Crippen MR) is 142 cm³/mol. The summed E-state index contributed by atoms with van der Waals surface area (Å²) in [6.07, 6.45) is 5.45. The van der Waals surface area contributed by atoms with Crippen LogP contribution in [0.1, 0.15) is 47.8 Å². The van der Waals surface area contributed by atoms with Gasteiger partial charge < -0.3 is 19.2 Å². The second-order valence-corrected chi connectivity index (χ2v) is 9.16. The van der Waals surface area contributed by atoms with E-state index < -0.39 is 11.9 Å². The summed E-state index contributed by atoms with van der Waals surface area (Å²) in [5.74, 6) is 0.485. The minimum absolute atomic E-state index is 0.0724. The molecule has 0 bridgehead atoms. The van der Waals surface area contributed by atoms with Gasteiger partial charge in [0, 0.05) is 11.4 Å². The molecule has 1 aliphatic carbocycles. The van der Waals surface area contributed by atoms with Gasteiger partial charge in [0.05, 0.1) is 26.2 Å². The largest absolute Gasteiger partial charge is 0.493 e. The molecular formula is C30H30N2O5. The standard InChI is InChI=1S/C30H30N2O5/c1-35-25-17-16-21(19-27(25)36-2)28(29(33)31-22-11-4-5-12-22)32(30(34)26-15-8-18-37-26)24-14-7-10-20-9-3-6-13-23(20)24/h3,6-10,13-19,22,28H,4-5,11-12H2,1-2H3,(H,31,33). The normalized spacial score (nSPS) is 14.3. The topological polar surface area (TPSA) is 81.0 Å². The second kappa shape index (κ2) is 10.8. The first-order chi connectivity index (χ1) is 18.1. The van der Waals surface area contributed by atoms with Crippen molar-refractivity contribution < 1.29 is 23.5 Å². The molecule has 2 amide bonds. The Bertz CT molecular complexity index is 1390. The van der Waals surface area contributed by atoms with Crippen molar-refractivity contribution >= 4 is 28.3 Å². The number of amides is 2. The molecule has 1 heterocycles. The van der Waals surface area contributed by atoms with Crippen molar-refractivity contribution in [2.75, 3.05) is 19.1 Å². The maximum Gasteiger partial charge on any atom is 0.294 e. The summed E-state index contributed by atoms with van der Waals surface area (Å²) >= 11 is 0. The van der Waals surface area contributed by atoms with Gasteiger partial charge in [-0.05, 0) is 54.1 Å². The highest BCUT2D eigenvalue weighted by molar-refractivity contribution is 6.13. The van der Waals surface area contributed by atoms with Crippen LogP contribution in [0.2, 0.25) is 0 Å². The minimum atomic E-state index is -0.983. The van der Waals surface area contributed by atoms with Crippen LogP contribution in [0.25, 0.3) is 10.8 Å². The van der Waals surface area contributed by atoms with Crippen molar-refractivity contribution in [2.24, 2.45) is 0 Å². The highest BCUT2D eigenvalue weighted by atomic mass is 16.5. The number of hydrogen-bond acceptors (Lipinski definition) is 5. The van der Waals surface area contributed by atoms with E-state index in [0.717, 1.165) is 36.5 Å². The molecule has 1 aliphatic rings. The maximum absolute atomic E-state index is 14.1. The summed E-state index contributed by atoms with van der Waals surface area (Å²) in [7, 11) is 3.11. The average molecular weight is 499 g/mol. The van der Waals surface area contributed by atoms with E-state index in [9.17, 15) is 9.59 Å². The van der Waals surface area contributed by atoms with E-state index in [2.05, 4.69) is 5.32 Å². The lowest BCUT2D eigenvalue weighted by molar-refractivity contribution is -0.123. The van der Waals surface area contributed by atoms with Crippen molar-refractivity contribution in [3.8, 4) is 11.5 Å². The van der Waals surface area contributed by atoms with Crippen LogP contribution in [0.15, 0.2) is 83.5 Å². The van der Waals surface area contributed by atoms with Gasteiger partial charge in [0.25, 0.3) is 5.91 Å². The Morgan fingerprint density at radius 3 is 2.41 bits per heavy atom. The number of benzene rings is 3. The summed E-state index contributed by atoms with van der Waals surface area (Å²) in [6, 6.07) is 21.2. The molecule has 0 spiro atoms. The third kappa shape index (κ3) is 4.89. The fourth-order valence-electron chi connectivity index (χ4n) is 5.09. The number of nitrogens with zero attached hydrogens (tertiary/aromatic N) is 1. The molecule has 0 radical (unpaired) electrons. The van der Waals surface area contributed by atoms with E-state index in [1.54, 1.807) is 44.6 Å². The van der Waals surface area contributed by atoms with Crippen molar-refractivity contribution in [3.63, 3.8) is 0 Å². The first-order valence-corrected chi connectivity index (χ1v) is 12.5. The van der Waals surface area contributed by atoms with E-state index in [4.69, 9.17) is 13.9 Å². The summed E-state index contributed by atoms with van der Waals surface area (Å²) in [4.78, 5) is 29.7. The van der Waals surface area contributed by atoms with Crippen LogP contribution in [0, 0.1) is 0 Å². The molecule has 0 aliphatic heterocycles. The van der Waals surface area contributed by atoms with Crippen LogP contribution in [0.3, 0.4) is 0 Å². The second-order valence-electron chi connectivity index (χ2n) is 9.16. The number of anilines is 1. The Hall–Kier alpha value is -4.26. The van der Waals surface area contributed by atoms with Gasteiger partial charge in [-0.2, -0.15) is 0 Å². The van der Waals surface area contributed by atoms with E-state index in [-0.39, 0.29) is 17.7 Å². The minimum Gasteiger partial charge on any atom is -0.493 e. The van der Waals surface area contributed by atoms with E-state index in [1.165, 1.54) is 11.2 Å². The molecule has 1 unspecified atom stereocenters. The van der Waals surface area contributed by atoms with Gasteiger partial charge in [-0.3, -0.25) is 14.5 Å². The molecule has 7 nitrogen and oxygen atoms in total. The number of furan rings is 1. The lowest BCUT2D eigenvalue weighted by Gasteiger charge is -2.32. The van der Waals surface area contributed by atoms with Gasteiger partial charge >= 0.3 is 0 Å². The molecule has 1 fully saturated rings. The van der Waals surface area contributed by atoms with Crippen molar-refractivity contribution in [3.05, 3.63) is 90.4 Å². The van der Waals surface area contributed by atoms with Crippen LogP contribution in [0.5, 0.6) is 11.5 Å². The lowest BCUT2D eigenvalue weighted by Crippen LogP contribution is -2.46. The number of ether oxygens (including phenoxy) is 2. The highest BCUT2D eigenvalue weighted by Crippen LogP contribution is 2.38. The van der Waals surface area contributed by atoms with Crippen molar-refractivity contribution in [1.82, 2.24) is 5.32 Å². The van der Waals surface area contributed by atoms with Gasteiger partial charge in [0.15, 0.2) is 17.3 Å². The third-order valence-corrected chi connectivity index (χ3v) is 6.91. The van der Waals surface area contributed by atoms with E-state index in [0.29, 0.717) is 22.7 Å². The molecule has 4 aromatic rings. The summed E-state index contributed by atoms with van der Waals surface area (Å²) in [6.45, 7) is 0. The third-order valence-electron chi connectivity index (χ3n) is 6.91. The molecular weight excluding hydrogens is 468 g/mol. The van der Waals surface area contributed by atoms with Gasteiger partial charge in [-0.25, -0.2) is 0 Å². The molecule has 0 saturated heterocycles. The van der Waals surface area contributed by atoms with Crippen molar-refractivity contribution in [2.45, 2.75) is 37.8 Å². The Morgan fingerprint density at radius 2 is 1.68 bits per heavy atom. The Kier molecular flexibility index (Phi) is 7.12. The predicted octanol–water partition coefficient (Wildman–Crippen LogP) is 5.90. The van der Waals surface area contributed by atoms with Gasteiger partial charge in [-0.15, -0.1) is 0 Å². The zero-order valence-electron chi connectivity index (χ0n) is 21.0. The molecule has 37 heavy (non-hydrogen) atoms. The fourth-order valence-corrected chi connectivity index (χ4v) is 5.09. The number of fused-ring (bicyclic) bond motifs is 1. The van der Waals surface area contributed by atoms with Crippen LogP contribution in [0.4, 0.5) is 5.69 Å². The Balaban J connectivity index is 1.71. The number of carbonyl (C=O) groups excluding carboxylic acids is 2. The first kappa shape index (κ1) is 24.4. The maximum atomic E-state index is 14.1. The Labute approximate surface area is 216 Å². The Morgan fingerprint density at radius 1 is 0.919 bits per heavy atom. The smallest absolute Gasteiger partial charge is 0.294 e. The van der Waals surface area contributed by atoms with Gasteiger partial charge in [0.2, 0.25) is 5.91 Å². The zero-order chi connectivity index (χ0) is 25.8. The quantitative estimate of drug-likeness (QED) is 0.327. The number of hydrogen-bond donors (Lipinski definition) is 1. The fraction of sp³-hybridized carbons (Fsp3) is 0.267.